The summed E-state index contributed by atoms with van der Waals surface area (Å²) < 4.78 is 0. The Bertz CT molecular complexity index is 236. The lowest BCUT2D eigenvalue weighted by molar-refractivity contribution is 0.227. The van der Waals surface area contributed by atoms with Gasteiger partial charge in [0.25, 0.3) is 0 Å². The molecule has 0 spiro atoms. The molecule has 106 valence electrons. The summed E-state index contributed by atoms with van der Waals surface area (Å²) in [4.78, 5) is 2.46. The van der Waals surface area contributed by atoms with E-state index in [1.165, 1.54) is 6.42 Å². The molecular formula is C15H31N3. The Morgan fingerprint density at radius 3 is 2.61 bits per heavy atom. The van der Waals surface area contributed by atoms with Crippen LogP contribution in [-0.4, -0.2) is 38.1 Å². The van der Waals surface area contributed by atoms with Gasteiger partial charge in [-0.2, -0.15) is 0 Å². The summed E-state index contributed by atoms with van der Waals surface area (Å²) in [5.41, 5.74) is 0. The van der Waals surface area contributed by atoms with E-state index < -0.39 is 0 Å². The summed E-state index contributed by atoms with van der Waals surface area (Å²) in [5, 5.41) is 6.29. The predicted octanol–water partition coefficient (Wildman–Crippen LogP) is 2.72. The lowest BCUT2D eigenvalue weighted by Crippen LogP contribution is -2.35. The molecule has 0 fully saturated rings. The maximum atomic E-state index is 3.87. The van der Waals surface area contributed by atoms with E-state index in [2.05, 4.69) is 55.2 Å². The number of rotatable bonds is 11. The van der Waals surface area contributed by atoms with Crippen LogP contribution >= 0.6 is 0 Å². The van der Waals surface area contributed by atoms with Gasteiger partial charge in [0, 0.05) is 26.2 Å². The van der Waals surface area contributed by atoms with Crippen LogP contribution in [0.15, 0.2) is 24.6 Å². The lowest BCUT2D eigenvalue weighted by atomic mass is 10.1. The number of hydrogen-bond acceptors (Lipinski definition) is 3. The average Bonchev–Trinajstić information content (AvgIpc) is 2.39. The fourth-order valence-electron chi connectivity index (χ4n) is 1.96. The second-order valence-electron chi connectivity index (χ2n) is 4.66. The maximum Gasteiger partial charge on any atom is 0.0909 e. The first-order valence-corrected chi connectivity index (χ1v) is 7.11. The molecular weight excluding hydrogens is 222 g/mol. The zero-order chi connectivity index (χ0) is 13.8. The van der Waals surface area contributed by atoms with E-state index in [-0.39, 0.29) is 0 Å². The largest absolute Gasteiger partial charge is 0.375 e. The molecule has 0 aliphatic rings. The van der Waals surface area contributed by atoms with Crippen LogP contribution in [0, 0.1) is 0 Å². The third-order valence-corrected chi connectivity index (χ3v) is 3.26. The van der Waals surface area contributed by atoms with Crippen LogP contribution in [0.5, 0.6) is 0 Å². The molecule has 0 amide bonds. The van der Waals surface area contributed by atoms with Gasteiger partial charge in [-0.1, -0.05) is 32.6 Å². The Kier molecular flexibility index (Phi) is 10.6. The highest BCUT2D eigenvalue weighted by Gasteiger charge is 2.11. The van der Waals surface area contributed by atoms with Crippen LogP contribution in [0.3, 0.4) is 0 Å². The zero-order valence-electron chi connectivity index (χ0n) is 12.6. The Labute approximate surface area is 113 Å². The average molecular weight is 253 g/mol. The molecule has 0 bridgehead atoms. The third kappa shape index (κ3) is 8.18. The molecule has 0 heterocycles. The van der Waals surface area contributed by atoms with Crippen LogP contribution in [0.1, 0.15) is 39.5 Å². The van der Waals surface area contributed by atoms with Crippen LogP contribution in [-0.2, 0) is 0 Å². The Hall–Kier alpha value is -0.960. The van der Waals surface area contributed by atoms with Gasteiger partial charge in [-0.15, -0.1) is 0 Å². The smallest absolute Gasteiger partial charge is 0.0909 e. The van der Waals surface area contributed by atoms with Gasteiger partial charge < -0.3 is 15.5 Å². The molecule has 0 aliphatic carbocycles. The van der Waals surface area contributed by atoms with Crippen LogP contribution in [0.25, 0.3) is 0 Å². The molecule has 0 rings (SSSR count). The first-order chi connectivity index (χ1) is 8.65. The second kappa shape index (κ2) is 11.1. The van der Waals surface area contributed by atoms with Gasteiger partial charge in [0.15, 0.2) is 0 Å². The van der Waals surface area contributed by atoms with Crippen molar-refractivity contribution >= 4 is 0 Å². The molecule has 0 saturated carbocycles. The Morgan fingerprint density at radius 2 is 2.06 bits per heavy atom. The molecule has 0 aliphatic heterocycles. The molecule has 18 heavy (non-hydrogen) atoms. The van der Waals surface area contributed by atoms with Crippen molar-refractivity contribution in [2.75, 3.05) is 27.2 Å². The van der Waals surface area contributed by atoms with Gasteiger partial charge in [-0.05, 0) is 32.7 Å². The van der Waals surface area contributed by atoms with Crippen molar-refractivity contribution in [1.29, 1.82) is 0 Å². The van der Waals surface area contributed by atoms with Crippen molar-refractivity contribution in [3.63, 3.8) is 0 Å². The first kappa shape index (κ1) is 17.0. The van der Waals surface area contributed by atoms with Gasteiger partial charge in [0.2, 0.25) is 0 Å². The van der Waals surface area contributed by atoms with Gasteiger partial charge in [0.05, 0.1) is 5.82 Å². The van der Waals surface area contributed by atoms with Crippen molar-refractivity contribution in [2.24, 2.45) is 0 Å². The number of nitrogens with one attached hydrogen (secondary N) is 2. The monoisotopic (exact) mass is 253 g/mol. The molecule has 3 nitrogen and oxygen atoms in total. The van der Waals surface area contributed by atoms with Crippen molar-refractivity contribution in [1.82, 2.24) is 15.5 Å². The molecule has 3 heteroatoms. The Morgan fingerprint density at radius 1 is 1.33 bits per heavy atom. The lowest BCUT2D eigenvalue weighted by Gasteiger charge is -2.27. The minimum Gasteiger partial charge on any atom is -0.375 e. The zero-order valence-corrected chi connectivity index (χ0v) is 12.6. The number of nitrogens with zero attached hydrogens (tertiary/aromatic N) is 1. The summed E-state index contributed by atoms with van der Waals surface area (Å²) in [5.74, 6) is 0.901. The molecule has 0 saturated heterocycles. The third-order valence-electron chi connectivity index (χ3n) is 3.26. The number of allylic oxidation sites excluding steroid dienone is 1. The van der Waals surface area contributed by atoms with E-state index in [9.17, 15) is 0 Å². The van der Waals surface area contributed by atoms with Crippen molar-refractivity contribution < 1.29 is 0 Å². The van der Waals surface area contributed by atoms with Gasteiger partial charge >= 0.3 is 0 Å². The normalized spacial score (nSPS) is 12.9. The van der Waals surface area contributed by atoms with E-state index in [1.807, 2.05) is 7.05 Å². The van der Waals surface area contributed by atoms with Gasteiger partial charge in [0.1, 0.15) is 0 Å². The topological polar surface area (TPSA) is 27.3 Å². The van der Waals surface area contributed by atoms with Crippen LogP contribution < -0.4 is 10.6 Å². The van der Waals surface area contributed by atoms with E-state index in [0.717, 1.165) is 38.2 Å². The molecule has 0 radical (unpaired) electrons. The van der Waals surface area contributed by atoms with Crippen molar-refractivity contribution in [3.05, 3.63) is 24.6 Å². The summed E-state index contributed by atoms with van der Waals surface area (Å²) in [6, 6.07) is 0.650. The van der Waals surface area contributed by atoms with E-state index in [1.54, 1.807) is 0 Å². The first-order valence-electron chi connectivity index (χ1n) is 7.11. The molecule has 0 aromatic heterocycles. The van der Waals surface area contributed by atoms with Crippen molar-refractivity contribution in [3.8, 4) is 0 Å². The molecule has 1 unspecified atom stereocenters. The highest BCUT2D eigenvalue weighted by molar-refractivity contribution is 4.86. The summed E-state index contributed by atoms with van der Waals surface area (Å²) in [7, 11) is 4.11. The van der Waals surface area contributed by atoms with Gasteiger partial charge in [-0.3, -0.25) is 0 Å². The highest BCUT2D eigenvalue weighted by Crippen LogP contribution is 2.07. The highest BCUT2D eigenvalue weighted by atomic mass is 15.1. The van der Waals surface area contributed by atoms with E-state index in [4.69, 9.17) is 0 Å². The SMILES string of the molecule is C=C(NC)NCCC(CC)N(C)CC/C=C/CC. The van der Waals surface area contributed by atoms with E-state index >= 15 is 0 Å². The predicted molar refractivity (Wildman–Crippen MR) is 81.6 cm³/mol. The summed E-state index contributed by atoms with van der Waals surface area (Å²) in [6.45, 7) is 10.4. The molecule has 1 atom stereocenters. The number of hydrogen-bond donors (Lipinski definition) is 2. The van der Waals surface area contributed by atoms with Crippen LogP contribution in [0.4, 0.5) is 0 Å². The molecule has 2 N–H and O–H groups in total. The Balaban J connectivity index is 3.84. The fourth-order valence-corrected chi connectivity index (χ4v) is 1.96. The van der Waals surface area contributed by atoms with Crippen LogP contribution in [0.2, 0.25) is 0 Å². The quantitative estimate of drug-likeness (QED) is 0.554. The fraction of sp³-hybridized carbons (Fsp3) is 0.733. The minimum atomic E-state index is 0.650. The molecule has 0 aromatic rings. The van der Waals surface area contributed by atoms with E-state index in [0.29, 0.717) is 6.04 Å². The summed E-state index contributed by atoms with van der Waals surface area (Å²) in [6.07, 6.45) is 9.17. The maximum absolute atomic E-state index is 3.87. The standard InChI is InChI=1S/C15H31N3/c1-6-8-9-10-13-18(5)15(7-2)11-12-17-14(3)16-4/h8-9,15-17H,3,6-7,10-13H2,1-2,4-5H3/b9-8+. The summed E-state index contributed by atoms with van der Waals surface area (Å²) >= 11 is 0. The van der Waals surface area contributed by atoms with Gasteiger partial charge in [-0.25, -0.2) is 0 Å². The minimum absolute atomic E-state index is 0.650. The second-order valence-corrected chi connectivity index (χ2v) is 4.66. The van der Waals surface area contributed by atoms with Crippen molar-refractivity contribution in [2.45, 2.75) is 45.6 Å². The molecule has 0 aromatic carbocycles.